The topological polar surface area (TPSA) is 217 Å². The minimum atomic E-state index is -1.80. The fourth-order valence-electron chi connectivity index (χ4n) is 6.66. The predicted molar refractivity (Wildman–Crippen MR) is 188 cm³/mol. The van der Waals surface area contributed by atoms with Crippen LogP contribution in [0.3, 0.4) is 0 Å². The van der Waals surface area contributed by atoms with Gasteiger partial charge in [0.15, 0.2) is 17.9 Å². The molecule has 13 nitrogen and oxygen atoms in total. The van der Waals surface area contributed by atoms with Gasteiger partial charge in [-0.1, -0.05) is 54.6 Å². The smallest absolute Gasteiger partial charge is 0.308 e. The first-order chi connectivity index (χ1) is 25.4. The zero-order valence-corrected chi connectivity index (χ0v) is 28.6. The SMILES string of the molecule is CC(=O)Oc1cc(CO)c2c(c1C=Cc1ccccc1)C(=O)c1cc(O[C@H]3O[C@H](C)[C@@H](O)[C@@H](O)[C@H]3O)c(Cc3cccc(CO)c3C=O)c(O)c1C2=O. The van der Waals surface area contributed by atoms with Gasteiger partial charge in [-0.15, -0.1) is 0 Å². The first kappa shape index (κ1) is 37.2. The van der Waals surface area contributed by atoms with Crippen LogP contribution in [0.15, 0.2) is 60.7 Å². The molecule has 0 unspecified atom stereocenters. The van der Waals surface area contributed by atoms with Crippen molar-refractivity contribution >= 4 is 36.0 Å². The number of benzene rings is 4. The number of fused-ring (bicyclic) bond motifs is 2. The Morgan fingerprint density at radius 2 is 1.49 bits per heavy atom. The van der Waals surface area contributed by atoms with Crippen LogP contribution in [0, 0.1) is 0 Å². The lowest BCUT2D eigenvalue weighted by Gasteiger charge is -2.39. The first-order valence-corrected chi connectivity index (χ1v) is 16.6. The number of ketones is 2. The van der Waals surface area contributed by atoms with E-state index in [1.807, 2.05) is 6.07 Å². The monoisotopic (exact) mass is 724 g/mol. The summed E-state index contributed by atoms with van der Waals surface area (Å²) in [6.07, 6.45) is -4.29. The van der Waals surface area contributed by atoms with Crippen molar-refractivity contribution in [3.63, 3.8) is 0 Å². The molecule has 6 N–H and O–H groups in total. The second-order valence-electron chi connectivity index (χ2n) is 12.7. The highest BCUT2D eigenvalue weighted by molar-refractivity contribution is 6.31. The van der Waals surface area contributed by atoms with E-state index in [2.05, 4.69) is 0 Å². The average molecular weight is 725 g/mol. The van der Waals surface area contributed by atoms with Gasteiger partial charge in [0.25, 0.3) is 0 Å². The van der Waals surface area contributed by atoms with E-state index in [0.717, 1.165) is 13.0 Å². The van der Waals surface area contributed by atoms with E-state index in [0.29, 0.717) is 17.4 Å². The van der Waals surface area contributed by atoms with Crippen LogP contribution in [0.5, 0.6) is 17.2 Å². The van der Waals surface area contributed by atoms with Gasteiger partial charge in [0.1, 0.15) is 35.6 Å². The lowest BCUT2D eigenvalue weighted by atomic mass is 9.77. The second kappa shape index (κ2) is 15.2. The maximum atomic E-state index is 14.7. The molecule has 5 atom stereocenters. The Balaban J connectivity index is 1.59. The van der Waals surface area contributed by atoms with E-state index >= 15 is 0 Å². The molecule has 1 aliphatic carbocycles. The summed E-state index contributed by atoms with van der Waals surface area (Å²) in [6.45, 7) is 1.36. The molecule has 53 heavy (non-hydrogen) atoms. The van der Waals surface area contributed by atoms with Crippen LogP contribution < -0.4 is 9.47 Å². The summed E-state index contributed by atoms with van der Waals surface area (Å²) in [5, 5.41) is 63.8. The molecule has 1 fully saturated rings. The number of rotatable bonds is 10. The van der Waals surface area contributed by atoms with Crippen molar-refractivity contribution in [1.82, 2.24) is 0 Å². The molecule has 0 saturated carbocycles. The van der Waals surface area contributed by atoms with E-state index in [1.54, 1.807) is 42.5 Å². The molecule has 1 saturated heterocycles. The fourth-order valence-corrected chi connectivity index (χ4v) is 6.66. The lowest BCUT2D eigenvalue weighted by molar-refractivity contribution is -0.268. The molecule has 2 aliphatic rings. The van der Waals surface area contributed by atoms with E-state index in [1.165, 1.54) is 25.1 Å². The number of aliphatic hydroxyl groups is 5. The van der Waals surface area contributed by atoms with Crippen LogP contribution in [-0.2, 0) is 29.2 Å². The van der Waals surface area contributed by atoms with Crippen LogP contribution in [0.4, 0.5) is 0 Å². The van der Waals surface area contributed by atoms with Gasteiger partial charge in [-0.2, -0.15) is 0 Å². The second-order valence-corrected chi connectivity index (χ2v) is 12.7. The Kier molecular flexibility index (Phi) is 10.7. The van der Waals surface area contributed by atoms with Gasteiger partial charge in [0.2, 0.25) is 6.29 Å². The normalized spacial score (nSPS) is 20.9. The van der Waals surface area contributed by atoms with Gasteiger partial charge in [0, 0.05) is 46.7 Å². The molecular formula is C40H36O13. The molecule has 4 aromatic carbocycles. The number of hydrogen-bond acceptors (Lipinski definition) is 13. The molecule has 0 radical (unpaired) electrons. The summed E-state index contributed by atoms with van der Waals surface area (Å²) in [4.78, 5) is 53.5. The number of esters is 1. The number of aromatic hydroxyl groups is 1. The number of aliphatic hydroxyl groups excluding tert-OH is 5. The largest absolute Gasteiger partial charge is 0.507 e. The van der Waals surface area contributed by atoms with Crippen molar-refractivity contribution in [3.8, 4) is 17.2 Å². The van der Waals surface area contributed by atoms with Crippen molar-refractivity contribution in [2.75, 3.05) is 0 Å². The number of carbonyl (C=O) groups excluding carboxylic acids is 4. The summed E-state index contributed by atoms with van der Waals surface area (Å²) < 4.78 is 17.1. The number of phenolic OH excluding ortho intramolecular Hbond substituents is 1. The van der Waals surface area contributed by atoms with Crippen LogP contribution >= 0.6 is 0 Å². The number of carbonyl (C=O) groups is 4. The number of aldehydes is 1. The summed E-state index contributed by atoms with van der Waals surface area (Å²) in [6, 6.07) is 16.0. The van der Waals surface area contributed by atoms with Gasteiger partial charge in [-0.05, 0) is 47.4 Å². The molecular weight excluding hydrogens is 688 g/mol. The molecule has 0 bridgehead atoms. The Hall–Kier alpha value is -5.54. The number of phenols is 1. The van der Waals surface area contributed by atoms with E-state index in [4.69, 9.17) is 14.2 Å². The molecule has 0 aromatic heterocycles. The zero-order chi connectivity index (χ0) is 38.1. The third-order valence-corrected chi connectivity index (χ3v) is 9.36. The van der Waals surface area contributed by atoms with E-state index < -0.39 is 72.8 Å². The molecule has 1 heterocycles. The zero-order valence-electron chi connectivity index (χ0n) is 28.6. The van der Waals surface area contributed by atoms with Crippen LogP contribution in [0.1, 0.15) is 89.4 Å². The third-order valence-electron chi connectivity index (χ3n) is 9.36. The highest BCUT2D eigenvalue weighted by Crippen LogP contribution is 2.45. The fraction of sp³-hybridized carbons (Fsp3) is 0.250. The quantitative estimate of drug-likeness (QED) is 0.0529. The Bertz CT molecular complexity index is 2140. The number of ether oxygens (including phenoxy) is 3. The van der Waals surface area contributed by atoms with Crippen LogP contribution in [0.2, 0.25) is 0 Å². The van der Waals surface area contributed by atoms with Crippen LogP contribution in [-0.4, -0.2) is 85.2 Å². The van der Waals surface area contributed by atoms with Crippen molar-refractivity contribution < 1.29 is 64.0 Å². The summed E-state index contributed by atoms with van der Waals surface area (Å²) >= 11 is 0. The summed E-state index contributed by atoms with van der Waals surface area (Å²) in [5.41, 5.74) is -0.0173. The van der Waals surface area contributed by atoms with Crippen molar-refractivity contribution in [2.24, 2.45) is 0 Å². The lowest BCUT2D eigenvalue weighted by Crippen LogP contribution is -2.58. The van der Waals surface area contributed by atoms with Crippen molar-refractivity contribution in [2.45, 2.75) is 64.2 Å². The highest BCUT2D eigenvalue weighted by atomic mass is 16.7. The molecule has 274 valence electrons. The van der Waals surface area contributed by atoms with Gasteiger partial charge in [-0.3, -0.25) is 19.2 Å². The molecule has 13 heteroatoms. The maximum Gasteiger partial charge on any atom is 0.308 e. The van der Waals surface area contributed by atoms with E-state index in [-0.39, 0.29) is 62.4 Å². The molecule has 1 aliphatic heterocycles. The minimum absolute atomic E-state index is 0.0414. The van der Waals surface area contributed by atoms with Gasteiger partial charge < -0.3 is 44.8 Å². The van der Waals surface area contributed by atoms with E-state index in [9.17, 15) is 49.8 Å². The van der Waals surface area contributed by atoms with Crippen LogP contribution in [0.25, 0.3) is 12.2 Å². The Morgan fingerprint density at radius 1 is 0.792 bits per heavy atom. The van der Waals surface area contributed by atoms with Gasteiger partial charge >= 0.3 is 5.97 Å². The van der Waals surface area contributed by atoms with Crippen molar-refractivity contribution in [3.05, 3.63) is 122 Å². The predicted octanol–water partition coefficient (Wildman–Crippen LogP) is 2.86. The average Bonchev–Trinajstić information content (AvgIpc) is 3.15. The molecule has 0 spiro atoms. The number of hydrogen-bond donors (Lipinski definition) is 6. The molecule has 6 rings (SSSR count). The molecule has 0 amide bonds. The highest BCUT2D eigenvalue weighted by Gasteiger charge is 2.44. The Morgan fingerprint density at radius 3 is 2.15 bits per heavy atom. The van der Waals surface area contributed by atoms with Gasteiger partial charge in [0.05, 0.1) is 24.9 Å². The Labute approximate surface area is 302 Å². The third kappa shape index (κ3) is 6.89. The maximum absolute atomic E-state index is 14.7. The standard InChI is InChI=1S/C40H36O13/c1-19-34(45)38(49)39(50)40(51-19)53-30-15-27-33(35(46)26(30)13-22-9-6-10-23(16-41)28(22)18-43)37(48)31-24(17-42)14-29(52-20(2)44)25(32(31)36(27)47)12-11-21-7-4-3-5-8-21/h3-12,14-15,18-19,34,38-42,45-46,49-50H,13,16-17H2,1-2H3/t19-,34-,38-,39-,40-/m1/s1. The van der Waals surface area contributed by atoms with Crippen molar-refractivity contribution in [1.29, 1.82) is 0 Å². The molecule has 4 aromatic rings. The summed E-state index contributed by atoms with van der Waals surface area (Å²) in [7, 11) is 0. The summed E-state index contributed by atoms with van der Waals surface area (Å²) in [5.74, 6) is -3.52. The van der Waals surface area contributed by atoms with Gasteiger partial charge in [-0.25, -0.2) is 0 Å². The first-order valence-electron chi connectivity index (χ1n) is 16.6. The minimum Gasteiger partial charge on any atom is -0.507 e.